The zero-order chi connectivity index (χ0) is 24.9. The van der Waals surface area contributed by atoms with Crippen LogP contribution in [0.3, 0.4) is 0 Å². The smallest absolute Gasteiger partial charge is 0.255 e. The van der Waals surface area contributed by atoms with Crippen molar-refractivity contribution in [3.63, 3.8) is 0 Å². The number of aliphatic hydroxyl groups excluding tert-OH is 1. The van der Waals surface area contributed by atoms with Gasteiger partial charge in [-0.2, -0.15) is 0 Å². The number of nitrogens with one attached hydrogen (secondary N) is 2. The Morgan fingerprint density at radius 3 is 2.54 bits per heavy atom. The van der Waals surface area contributed by atoms with Crippen molar-refractivity contribution >= 4 is 50.0 Å². The molecule has 8 heteroatoms. The minimum absolute atomic E-state index is 0.391. The number of hydrogen-bond acceptors (Lipinski definition) is 5. The molecule has 0 fully saturated rings. The number of carbonyl (C=O) groups excluding carboxylic acids is 2. The standard InChI is InChI=1S/C27H25BrN4O3/c1-2-16-6-8-17(9-7-16)26(34)32-23(19-4-3-5-20(28)14-19)24(33)27(35)31-21-10-11-22-18(15-21)12-13-30-25(22)29/h3-15,23-24,33H,2H2,1H3,(H2,29,30)(H,31,35)(H,32,34). The van der Waals surface area contributed by atoms with Crippen molar-refractivity contribution in [2.24, 2.45) is 0 Å². The Morgan fingerprint density at radius 1 is 1.06 bits per heavy atom. The number of benzene rings is 3. The van der Waals surface area contributed by atoms with Crippen LogP contribution in [0.4, 0.5) is 11.5 Å². The zero-order valence-electron chi connectivity index (χ0n) is 19.0. The molecule has 3 aromatic carbocycles. The van der Waals surface area contributed by atoms with Crippen molar-refractivity contribution in [2.75, 3.05) is 11.1 Å². The second kappa shape index (κ2) is 10.7. The summed E-state index contributed by atoms with van der Waals surface area (Å²) in [7, 11) is 0. The van der Waals surface area contributed by atoms with Crippen LogP contribution in [0.25, 0.3) is 10.8 Å². The number of nitrogens with two attached hydrogens (primary N) is 1. The Kier molecular flexibility index (Phi) is 7.43. The second-order valence-corrected chi connectivity index (χ2v) is 9.04. The van der Waals surface area contributed by atoms with E-state index in [1.165, 1.54) is 0 Å². The van der Waals surface area contributed by atoms with E-state index in [0.29, 0.717) is 22.6 Å². The van der Waals surface area contributed by atoms with Crippen LogP contribution in [0.5, 0.6) is 0 Å². The summed E-state index contributed by atoms with van der Waals surface area (Å²) in [6, 6.07) is 20.3. The van der Waals surface area contributed by atoms with Gasteiger partial charge in [0, 0.05) is 27.3 Å². The number of aromatic nitrogens is 1. The van der Waals surface area contributed by atoms with Gasteiger partial charge in [-0.3, -0.25) is 9.59 Å². The van der Waals surface area contributed by atoms with Crippen LogP contribution in [0.2, 0.25) is 0 Å². The third-order valence-electron chi connectivity index (χ3n) is 5.77. The van der Waals surface area contributed by atoms with Crippen LogP contribution in [0.1, 0.15) is 34.5 Å². The highest BCUT2D eigenvalue weighted by Crippen LogP contribution is 2.25. The quantitative estimate of drug-likeness (QED) is 0.277. The topological polar surface area (TPSA) is 117 Å². The molecule has 0 saturated carbocycles. The van der Waals surface area contributed by atoms with Gasteiger partial charge in [-0.15, -0.1) is 0 Å². The number of halogens is 1. The summed E-state index contributed by atoms with van der Waals surface area (Å²) in [6.45, 7) is 2.04. The molecule has 7 nitrogen and oxygen atoms in total. The Hall–Kier alpha value is -3.75. The molecule has 5 N–H and O–H groups in total. The van der Waals surface area contributed by atoms with Crippen LogP contribution >= 0.6 is 15.9 Å². The predicted octanol–water partition coefficient (Wildman–Crippen LogP) is 4.61. The van der Waals surface area contributed by atoms with Crippen molar-refractivity contribution in [3.05, 3.63) is 100 Å². The number of aliphatic hydroxyl groups is 1. The molecule has 4 aromatic rings. The number of pyridine rings is 1. The van der Waals surface area contributed by atoms with E-state index in [9.17, 15) is 14.7 Å². The number of anilines is 2. The molecule has 0 bridgehead atoms. The van der Waals surface area contributed by atoms with E-state index in [0.717, 1.165) is 27.2 Å². The van der Waals surface area contributed by atoms with Gasteiger partial charge in [0.2, 0.25) is 0 Å². The summed E-state index contributed by atoms with van der Waals surface area (Å²) < 4.78 is 0.759. The van der Waals surface area contributed by atoms with Gasteiger partial charge in [0.15, 0.2) is 6.10 Å². The maximum absolute atomic E-state index is 13.1. The highest BCUT2D eigenvalue weighted by Gasteiger charge is 2.30. The first-order valence-corrected chi connectivity index (χ1v) is 11.9. The van der Waals surface area contributed by atoms with Crippen molar-refractivity contribution in [2.45, 2.75) is 25.5 Å². The summed E-state index contributed by atoms with van der Waals surface area (Å²) in [5.41, 5.74) is 8.52. The summed E-state index contributed by atoms with van der Waals surface area (Å²) >= 11 is 3.42. The molecule has 0 aliphatic rings. The molecular weight excluding hydrogens is 508 g/mol. The lowest BCUT2D eigenvalue weighted by atomic mass is 9.99. The van der Waals surface area contributed by atoms with Crippen LogP contribution in [-0.4, -0.2) is 28.0 Å². The molecule has 0 saturated heterocycles. The molecule has 0 aliphatic carbocycles. The lowest BCUT2D eigenvalue weighted by molar-refractivity contribution is -0.125. The number of carbonyl (C=O) groups is 2. The van der Waals surface area contributed by atoms with Crippen molar-refractivity contribution < 1.29 is 14.7 Å². The van der Waals surface area contributed by atoms with Crippen LogP contribution in [0, 0.1) is 0 Å². The molecule has 2 amide bonds. The highest BCUT2D eigenvalue weighted by atomic mass is 79.9. The summed E-state index contributed by atoms with van der Waals surface area (Å²) in [5.74, 6) is -0.652. The number of fused-ring (bicyclic) bond motifs is 1. The molecule has 178 valence electrons. The van der Waals surface area contributed by atoms with Gasteiger partial charge in [0.05, 0.1) is 6.04 Å². The lowest BCUT2D eigenvalue weighted by Gasteiger charge is -2.24. The molecule has 2 atom stereocenters. The predicted molar refractivity (Wildman–Crippen MR) is 141 cm³/mol. The minimum atomic E-state index is -1.55. The number of aryl methyl sites for hydroxylation is 1. The SMILES string of the molecule is CCc1ccc(C(=O)NC(c2cccc(Br)c2)C(O)C(=O)Nc2ccc3c(N)nccc3c2)cc1. The van der Waals surface area contributed by atoms with Crippen molar-refractivity contribution in [3.8, 4) is 0 Å². The van der Waals surface area contributed by atoms with E-state index in [4.69, 9.17) is 5.73 Å². The number of hydrogen-bond donors (Lipinski definition) is 4. The third-order valence-corrected chi connectivity index (χ3v) is 6.26. The Labute approximate surface area is 211 Å². The molecule has 35 heavy (non-hydrogen) atoms. The van der Waals surface area contributed by atoms with Crippen LogP contribution in [0.15, 0.2) is 83.5 Å². The second-order valence-electron chi connectivity index (χ2n) is 8.12. The highest BCUT2D eigenvalue weighted by molar-refractivity contribution is 9.10. The Balaban J connectivity index is 1.58. The van der Waals surface area contributed by atoms with Gasteiger partial charge in [0.1, 0.15) is 5.82 Å². The van der Waals surface area contributed by atoms with Gasteiger partial charge in [-0.25, -0.2) is 4.98 Å². The van der Waals surface area contributed by atoms with E-state index in [1.807, 2.05) is 25.1 Å². The number of nitrogen functional groups attached to an aromatic ring is 1. The van der Waals surface area contributed by atoms with E-state index in [-0.39, 0.29) is 0 Å². The van der Waals surface area contributed by atoms with Crippen LogP contribution in [-0.2, 0) is 11.2 Å². The fourth-order valence-electron chi connectivity index (χ4n) is 3.81. The molecule has 0 aliphatic heterocycles. The normalized spacial score (nSPS) is 12.7. The molecule has 1 aromatic heterocycles. The number of rotatable bonds is 7. The zero-order valence-corrected chi connectivity index (χ0v) is 20.6. The number of nitrogens with zero attached hydrogens (tertiary/aromatic N) is 1. The van der Waals surface area contributed by atoms with E-state index < -0.39 is 24.0 Å². The van der Waals surface area contributed by atoms with Gasteiger partial charge in [-0.1, -0.05) is 47.1 Å². The van der Waals surface area contributed by atoms with E-state index >= 15 is 0 Å². The molecule has 0 radical (unpaired) electrons. The monoisotopic (exact) mass is 532 g/mol. The number of amides is 2. The van der Waals surface area contributed by atoms with E-state index in [2.05, 4.69) is 31.5 Å². The lowest BCUT2D eigenvalue weighted by Crippen LogP contribution is -2.42. The first kappa shape index (κ1) is 24.4. The summed E-state index contributed by atoms with van der Waals surface area (Å²) in [6.07, 6.45) is 0.893. The maximum atomic E-state index is 13.1. The average Bonchev–Trinajstić information content (AvgIpc) is 2.87. The van der Waals surface area contributed by atoms with Gasteiger partial charge in [-0.05, 0) is 71.5 Å². The first-order valence-electron chi connectivity index (χ1n) is 11.1. The summed E-state index contributed by atoms with van der Waals surface area (Å²) in [5, 5.41) is 18.2. The maximum Gasteiger partial charge on any atom is 0.255 e. The Morgan fingerprint density at radius 2 is 1.83 bits per heavy atom. The average molecular weight is 533 g/mol. The molecule has 4 rings (SSSR count). The largest absolute Gasteiger partial charge is 0.383 e. The fourth-order valence-corrected chi connectivity index (χ4v) is 4.22. The van der Waals surface area contributed by atoms with Gasteiger partial charge >= 0.3 is 0 Å². The molecule has 0 spiro atoms. The molecular formula is C27H25BrN4O3. The summed E-state index contributed by atoms with van der Waals surface area (Å²) in [4.78, 5) is 30.1. The Bertz CT molecular complexity index is 1370. The van der Waals surface area contributed by atoms with Crippen molar-refractivity contribution in [1.82, 2.24) is 10.3 Å². The first-order chi connectivity index (χ1) is 16.9. The fraction of sp³-hybridized carbons (Fsp3) is 0.148. The molecule has 2 unspecified atom stereocenters. The van der Waals surface area contributed by atoms with Gasteiger partial charge < -0.3 is 21.5 Å². The van der Waals surface area contributed by atoms with Crippen molar-refractivity contribution in [1.29, 1.82) is 0 Å². The molecule has 1 heterocycles. The van der Waals surface area contributed by atoms with Gasteiger partial charge in [0.25, 0.3) is 11.8 Å². The third kappa shape index (κ3) is 5.67. The van der Waals surface area contributed by atoms with Crippen LogP contribution < -0.4 is 16.4 Å². The minimum Gasteiger partial charge on any atom is -0.383 e. The van der Waals surface area contributed by atoms with E-state index in [1.54, 1.807) is 60.8 Å².